The maximum atomic E-state index is 5.90. The third-order valence-electron chi connectivity index (χ3n) is 1.60. The predicted octanol–water partition coefficient (Wildman–Crippen LogP) is 2.92. The molecule has 70 valence electrons. The molecule has 4 heteroatoms. The van der Waals surface area contributed by atoms with Gasteiger partial charge in [-0.3, -0.25) is 0 Å². The molecule has 0 aliphatic rings. The lowest BCUT2D eigenvalue weighted by atomic mass is 10.3. The minimum atomic E-state index is 0.431. The van der Waals surface area contributed by atoms with E-state index in [1.807, 2.05) is 12.1 Å². The second kappa shape index (κ2) is 4.07. The SMILES string of the molecule is Clc1ccccc1Oc1cccnn1. The van der Waals surface area contributed by atoms with Crippen molar-refractivity contribution in [2.24, 2.45) is 0 Å². The van der Waals surface area contributed by atoms with Gasteiger partial charge in [0.2, 0.25) is 5.88 Å². The molecule has 1 aromatic carbocycles. The standard InChI is InChI=1S/C10H7ClN2O/c11-8-4-1-2-5-9(8)14-10-6-3-7-12-13-10/h1-7H. The van der Waals surface area contributed by atoms with Gasteiger partial charge in [0.1, 0.15) is 5.75 Å². The Bertz CT molecular complexity index is 419. The largest absolute Gasteiger partial charge is 0.436 e. The highest BCUT2D eigenvalue weighted by Gasteiger charge is 2.01. The van der Waals surface area contributed by atoms with Crippen LogP contribution in [-0.4, -0.2) is 10.2 Å². The topological polar surface area (TPSA) is 35.0 Å². The van der Waals surface area contributed by atoms with Crippen molar-refractivity contribution in [3.8, 4) is 11.6 Å². The van der Waals surface area contributed by atoms with Gasteiger partial charge >= 0.3 is 0 Å². The molecule has 0 bridgehead atoms. The highest BCUT2D eigenvalue weighted by atomic mass is 35.5. The van der Waals surface area contributed by atoms with E-state index in [0.29, 0.717) is 16.7 Å². The number of nitrogens with zero attached hydrogens (tertiary/aromatic N) is 2. The molecule has 3 nitrogen and oxygen atoms in total. The molecule has 2 rings (SSSR count). The summed E-state index contributed by atoms with van der Waals surface area (Å²) in [5.74, 6) is 1.01. The second-order valence-corrected chi connectivity index (χ2v) is 3.00. The molecule has 0 saturated heterocycles. The Morgan fingerprint density at radius 2 is 1.93 bits per heavy atom. The summed E-state index contributed by atoms with van der Waals surface area (Å²) in [6.45, 7) is 0. The number of hydrogen-bond acceptors (Lipinski definition) is 3. The quantitative estimate of drug-likeness (QED) is 0.758. The monoisotopic (exact) mass is 206 g/mol. The van der Waals surface area contributed by atoms with Gasteiger partial charge in [0, 0.05) is 12.3 Å². The van der Waals surface area contributed by atoms with Crippen LogP contribution in [0.2, 0.25) is 5.02 Å². The summed E-state index contributed by atoms with van der Waals surface area (Å²) >= 11 is 5.90. The van der Waals surface area contributed by atoms with Crippen molar-refractivity contribution in [3.05, 3.63) is 47.6 Å². The van der Waals surface area contributed by atoms with Crippen molar-refractivity contribution in [1.82, 2.24) is 10.2 Å². The zero-order valence-corrected chi connectivity index (χ0v) is 7.98. The third-order valence-corrected chi connectivity index (χ3v) is 1.91. The molecular weight excluding hydrogens is 200 g/mol. The van der Waals surface area contributed by atoms with E-state index in [1.54, 1.807) is 30.5 Å². The van der Waals surface area contributed by atoms with Gasteiger partial charge in [0.25, 0.3) is 0 Å². The van der Waals surface area contributed by atoms with Crippen LogP contribution < -0.4 is 4.74 Å². The Balaban J connectivity index is 2.24. The summed E-state index contributed by atoms with van der Waals surface area (Å²) in [4.78, 5) is 0. The van der Waals surface area contributed by atoms with E-state index < -0.39 is 0 Å². The number of aromatic nitrogens is 2. The first-order valence-corrected chi connectivity index (χ1v) is 4.44. The van der Waals surface area contributed by atoms with E-state index in [9.17, 15) is 0 Å². The molecule has 0 aliphatic heterocycles. The normalized spacial score (nSPS) is 9.79. The van der Waals surface area contributed by atoms with Gasteiger partial charge < -0.3 is 4.74 Å². The van der Waals surface area contributed by atoms with E-state index in [2.05, 4.69) is 10.2 Å². The van der Waals surface area contributed by atoms with Crippen molar-refractivity contribution >= 4 is 11.6 Å². The molecule has 0 amide bonds. The van der Waals surface area contributed by atoms with Crippen LogP contribution in [0.25, 0.3) is 0 Å². The molecule has 0 spiro atoms. The van der Waals surface area contributed by atoms with Crippen molar-refractivity contribution in [2.75, 3.05) is 0 Å². The maximum Gasteiger partial charge on any atom is 0.238 e. The van der Waals surface area contributed by atoms with Crippen LogP contribution in [-0.2, 0) is 0 Å². The first kappa shape index (κ1) is 8.97. The Labute approximate surface area is 86.3 Å². The van der Waals surface area contributed by atoms with Crippen LogP contribution >= 0.6 is 11.6 Å². The lowest BCUT2D eigenvalue weighted by Crippen LogP contribution is -1.89. The highest BCUT2D eigenvalue weighted by molar-refractivity contribution is 6.32. The average Bonchev–Trinajstić information content (AvgIpc) is 2.23. The number of ether oxygens (including phenoxy) is 1. The molecule has 1 heterocycles. The van der Waals surface area contributed by atoms with Crippen LogP contribution in [0.4, 0.5) is 0 Å². The Hall–Kier alpha value is -1.61. The summed E-state index contributed by atoms with van der Waals surface area (Å²) in [5, 5.41) is 8.03. The molecule has 0 N–H and O–H groups in total. The first-order chi connectivity index (χ1) is 6.86. The Morgan fingerprint density at radius 1 is 1.07 bits per heavy atom. The van der Waals surface area contributed by atoms with Crippen LogP contribution in [0.1, 0.15) is 0 Å². The van der Waals surface area contributed by atoms with Gasteiger partial charge in [-0.15, -0.1) is 5.10 Å². The van der Waals surface area contributed by atoms with Crippen LogP contribution in [0.3, 0.4) is 0 Å². The molecular formula is C10H7ClN2O. The number of halogens is 1. The summed E-state index contributed by atoms with van der Waals surface area (Å²) in [6, 6.07) is 10.7. The molecule has 1 aromatic heterocycles. The summed E-state index contributed by atoms with van der Waals surface area (Å²) in [7, 11) is 0. The maximum absolute atomic E-state index is 5.90. The van der Waals surface area contributed by atoms with Gasteiger partial charge in [0.05, 0.1) is 5.02 Å². The molecule has 0 atom stereocenters. The van der Waals surface area contributed by atoms with Gasteiger partial charge in [-0.2, -0.15) is 5.10 Å². The van der Waals surface area contributed by atoms with Gasteiger partial charge in [-0.05, 0) is 18.2 Å². The minimum absolute atomic E-state index is 0.431. The van der Waals surface area contributed by atoms with Gasteiger partial charge in [0.15, 0.2) is 0 Å². The lowest BCUT2D eigenvalue weighted by Gasteiger charge is -2.04. The van der Waals surface area contributed by atoms with Crippen LogP contribution in [0.15, 0.2) is 42.6 Å². The summed E-state index contributed by atoms with van der Waals surface area (Å²) in [5.41, 5.74) is 0. The van der Waals surface area contributed by atoms with E-state index in [0.717, 1.165) is 0 Å². The predicted molar refractivity (Wildman–Crippen MR) is 53.6 cm³/mol. The summed E-state index contributed by atoms with van der Waals surface area (Å²) in [6.07, 6.45) is 1.58. The minimum Gasteiger partial charge on any atom is -0.436 e. The van der Waals surface area contributed by atoms with Gasteiger partial charge in [-0.25, -0.2) is 0 Å². The van der Waals surface area contributed by atoms with Crippen molar-refractivity contribution in [2.45, 2.75) is 0 Å². The average molecular weight is 207 g/mol. The number of hydrogen-bond donors (Lipinski definition) is 0. The van der Waals surface area contributed by atoms with Gasteiger partial charge in [-0.1, -0.05) is 23.7 Å². The zero-order valence-electron chi connectivity index (χ0n) is 7.22. The van der Waals surface area contributed by atoms with Crippen molar-refractivity contribution in [3.63, 3.8) is 0 Å². The van der Waals surface area contributed by atoms with E-state index >= 15 is 0 Å². The molecule has 0 radical (unpaired) electrons. The molecule has 0 unspecified atom stereocenters. The number of para-hydroxylation sites is 1. The molecule has 0 saturated carbocycles. The van der Waals surface area contributed by atoms with Crippen LogP contribution in [0.5, 0.6) is 11.6 Å². The van der Waals surface area contributed by atoms with E-state index in [1.165, 1.54) is 0 Å². The second-order valence-electron chi connectivity index (χ2n) is 2.59. The number of rotatable bonds is 2. The van der Waals surface area contributed by atoms with Crippen molar-refractivity contribution in [1.29, 1.82) is 0 Å². The smallest absolute Gasteiger partial charge is 0.238 e. The number of benzene rings is 1. The molecule has 0 aliphatic carbocycles. The highest BCUT2D eigenvalue weighted by Crippen LogP contribution is 2.26. The van der Waals surface area contributed by atoms with E-state index in [-0.39, 0.29) is 0 Å². The first-order valence-electron chi connectivity index (χ1n) is 4.06. The Kier molecular flexibility index (Phi) is 2.60. The van der Waals surface area contributed by atoms with Crippen molar-refractivity contribution < 1.29 is 4.74 Å². The fourth-order valence-electron chi connectivity index (χ4n) is 0.982. The lowest BCUT2D eigenvalue weighted by molar-refractivity contribution is 0.455. The molecule has 14 heavy (non-hydrogen) atoms. The Morgan fingerprint density at radius 3 is 2.64 bits per heavy atom. The summed E-state index contributed by atoms with van der Waals surface area (Å²) < 4.78 is 5.40. The van der Waals surface area contributed by atoms with E-state index in [4.69, 9.17) is 16.3 Å². The fraction of sp³-hybridized carbons (Fsp3) is 0. The van der Waals surface area contributed by atoms with Crippen LogP contribution in [0, 0.1) is 0 Å². The fourth-order valence-corrected chi connectivity index (χ4v) is 1.16. The molecule has 0 fully saturated rings. The molecule has 2 aromatic rings. The third kappa shape index (κ3) is 2.00. The zero-order chi connectivity index (χ0) is 9.80.